The van der Waals surface area contributed by atoms with Gasteiger partial charge in [-0.2, -0.15) is 5.26 Å². The van der Waals surface area contributed by atoms with Gasteiger partial charge in [0.25, 0.3) is 0 Å². The second-order valence-electron chi connectivity index (χ2n) is 6.48. The molecule has 5 nitrogen and oxygen atoms in total. The van der Waals surface area contributed by atoms with E-state index in [0.717, 1.165) is 12.1 Å². The largest absolute Gasteiger partial charge is 0.362 e. The number of benzene rings is 1. The summed E-state index contributed by atoms with van der Waals surface area (Å²) in [5.41, 5.74) is 1.34. The summed E-state index contributed by atoms with van der Waals surface area (Å²) in [5.74, 6) is 0. The smallest absolute Gasteiger partial charge is 0.211 e. The lowest BCUT2D eigenvalue weighted by Crippen LogP contribution is -2.38. The van der Waals surface area contributed by atoms with Crippen molar-refractivity contribution in [2.24, 2.45) is 0 Å². The Balaban J connectivity index is 1.92. The third-order valence-corrected chi connectivity index (χ3v) is 7.13. The first-order chi connectivity index (χ1) is 12.3. The summed E-state index contributed by atoms with van der Waals surface area (Å²) in [6, 6.07) is 11.7. The van der Waals surface area contributed by atoms with Gasteiger partial charge in [-0.1, -0.05) is 11.6 Å². The maximum atomic E-state index is 11.9. The molecule has 0 bridgehead atoms. The third kappa shape index (κ3) is 4.21. The lowest BCUT2D eigenvalue weighted by Gasteiger charge is -2.31. The SMILES string of the molecule is Cc1ccc(CN(c2ccc(C#N)c(Cl)c2)[C@H]2CCN(S(C)(=O)=O)C2)s1. The van der Waals surface area contributed by atoms with Gasteiger partial charge >= 0.3 is 0 Å². The third-order valence-electron chi connectivity index (χ3n) is 4.56. The van der Waals surface area contributed by atoms with Crippen LogP contribution in [0.1, 0.15) is 21.7 Å². The lowest BCUT2D eigenvalue weighted by atomic mass is 10.1. The van der Waals surface area contributed by atoms with Crippen LogP contribution < -0.4 is 4.90 Å². The fraction of sp³-hybridized carbons (Fsp3) is 0.389. The van der Waals surface area contributed by atoms with Crippen molar-refractivity contribution in [2.45, 2.75) is 25.9 Å². The average Bonchev–Trinajstić information content (AvgIpc) is 3.21. The van der Waals surface area contributed by atoms with Crippen LogP contribution in [0.4, 0.5) is 5.69 Å². The van der Waals surface area contributed by atoms with Crippen molar-refractivity contribution in [3.63, 3.8) is 0 Å². The molecule has 0 radical (unpaired) electrons. The normalized spacial score (nSPS) is 18.0. The number of aryl methyl sites for hydroxylation is 1. The summed E-state index contributed by atoms with van der Waals surface area (Å²) in [4.78, 5) is 4.64. The van der Waals surface area contributed by atoms with E-state index in [2.05, 4.69) is 30.0 Å². The molecule has 1 fully saturated rings. The van der Waals surface area contributed by atoms with Gasteiger partial charge in [0, 0.05) is 34.6 Å². The van der Waals surface area contributed by atoms with Crippen LogP contribution >= 0.6 is 22.9 Å². The van der Waals surface area contributed by atoms with Crippen molar-refractivity contribution < 1.29 is 8.42 Å². The predicted molar refractivity (Wildman–Crippen MR) is 106 cm³/mol. The first-order valence-corrected chi connectivity index (χ1v) is 11.3. The van der Waals surface area contributed by atoms with E-state index in [9.17, 15) is 8.42 Å². The number of thiophene rings is 1. The van der Waals surface area contributed by atoms with Crippen molar-refractivity contribution in [2.75, 3.05) is 24.2 Å². The van der Waals surface area contributed by atoms with Crippen LogP contribution in [0, 0.1) is 18.3 Å². The van der Waals surface area contributed by atoms with Gasteiger partial charge in [0.15, 0.2) is 0 Å². The van der Waals surface area contributed by atoms with Crippen LogP contribution in [0.15, 0.2) is 30.3 Å². The monoisotopic (exact) mass is 409 g/mol. The molecule has 0 N–H and O–H groups in total. The molecule has 0 unspecified atom stereocenters. The van der Waals surface area contributed by atoms with Gasteiger partial charge in [-0.25, -0.2) is 12.7 Å². The molecule has 26 heavy (non-hydrogen) atoms. The highest BCUT2D eigenvalue weighted by atomic mass is 35.5. The zero-order valence-corrected chi connectivity index (χ0v) is 17.0. The van der Waals surface area contributed by atoms with E-state index in [1.54, 1.807) is 23.5 Å². The first-order valence-electron chi connectivity index (χ1n) is 8.24. The fourth-order valence-electron chi connectivity index (χ4n) is 3.21. The van der Waals surface area contributed by atoms with Gasteiger partial charge in [-0.3, -0.25) is 0 Å². The molecule has 0 spiro atoms. The number of anilines is 1. The minimum absolute atomic E-state index is 0.0659. The fourth-order valence-corrected chi connectivity index (χ4v) is 5.20. The number of hydrogen-bond acceptors (Lipinski definition) is 5. The molecule has 1 aliphatic rings. The molecule has 1 aliphatic heterocycles. The molecule has 1 saturated heterocycles. The summed E-state index contributed by atoms with van der Waals surface area (Å²) >= 11 is 7.96. The highest BCUT2D eigenvalue weighted by molar-refractivity contribution is 7.88. The topological polar surface area (TPSA) is 64.4 Å². The molecule has 0 amide bonds. The van der Waals surface area contributed by atoms with Crippen LogP contribution in [0.5, 0.6) is 0 Å². The van der Waals surface area contributed by atoms with E-state index in [1.165, 1.54) is 20.3 Å². The van der Waals surface area contributed by atoms with Gasteiger partial charge in [-0.15, -0.1) is 11.3 Å². The van der Waals surface area contributed by atoms with Crippen molar-refractivity contribution in [3.8, 4) is 6.07 Å². The Morgan fingerprint density at radius 1 is 1.38 bits per heavy atom. The van der Waals surface area contributed by atoms with Crippen molar-refractivity contribution >= 4 is 38.6 Å². The minimum Gasteiger partial charge on any atom is -0.362 e. The minimum atomic E-state index is -3.20. The summed E-state index contributed by atoms with van der Waals surface area (Å²) in [6.07, 6.45) is 2.01. The Morgan fingerprint density at radius 2 is 2.15 bits per heavy atom. The lowest BCUT2D eigenvalue weighted by molar-refractivity contribution is 0.473. The Bertz CT molecular complexity index is 950. The standard InChI is InChI=1S/C18H20ClN3O2S2/c1-13-3-6-17(25-13)12-22(15-5-4-14(10-20)18(19)9-15)16-7-8-21(11-16)26(2,23)24/h3-6,9,16H,7-8,11-12H2,1-2H3/t16-/m0/s1. The van der Waals surface area contributed by atoms with E-state index in [0.29, 0.717) is 30.2 Å². The zero-order chi connectivity index (χ0) is 18.9. The highest BCUT2D eigenvalue weighted by Crippen LogP contribution is 2.31. The van der Waals surface area contributed by atoms with E-state index in [4.69, 9.17) is 16.9 Å². The Labute approximate surface area is 163 Å². The van der Waals surface area contributed by atoms with E-state index in [1.807, 2.05) is 6.07 Å². The van der Waals surface area contributed by atoms with Gasteiger partial charge in [-0.05, 0) is 43.7 Å². The van der Waals surface area contributed by atoms with Crippen LogP contribution in [0.25, 0.3) is 0 Å². The van der Waals surface area contributed by atoms with E-state index < -0.39 is 10.0 Å². The molecule has 1 atom stereocenters. The van der Waals surface area contributed by atoms with Crippen molar-refractivity contribution in [1.29, 1.82) is 5.26 Å². The number of nitriles is 1. The van der Waals surface area contributed by atoms with Gasteiger partial charge in [0.2, 0.25) is 10.0 Å². The second kappa shape index (κ2) is 7.57. The number of sulfonamides is 1. The summed E-state index contributed by atoms with van der Waals surface area (Å²) in [6.45, 7) is 3.73. The van der Waals surface area contributed by atoms with E-state index in [-0.39, 0.29) is 6.04 Å². The Hall–Kier alpha value is -1.59. The van der Waals surface area contributed by atoms with Crippen molar-refractivity contribution in [3.05, 3.63) is 50.7 Å². The highest BCUT2D eigenvalue weighted by Gasteiger charge is 2.32. The van der Waals surface area contributed by atoms with Gasteiger partial charge < -0.3 is 4.90 Å². The Kier molecular flexibility index (Phi) is 5.58. The van der Waals surface area contributed by atoms with Gasteiger partial charge in [0.05, 0.1) is 23.4 Å². The van der Waals surface area contributed by atoms with Crippen molar-refractivity contribution in [1.82, 2.24) is 4.31 Å². The maximum Gasteiger partial charge on any atom is 0.211 e. The molecule has 3 rings (SSSR count). The molecule has 2 aromatic rings. The molecular weight excluding hydrogens is 390 g/mol. The number of hydrogen-bond donors (Lipinski definition) is 0. The number of halogens is 1. The molecule has 1 aromatic carbocycles. The molecule has 0 aliphatic carbocycles. The van der Waals surface area contributed by atoms with Crippen LogP contribution in [0.3, 0.4) is 0 Å². The molecule has 2 heterocycles. The summed E-state index contributed by atoms with van der Waals surface area (Å²) in [5, 5.41) is 9.51. The van der Waals surface area contributed by atoms with E-state index >= 15 is 0 Å². The predicted octanol–water partition coefficient (Wildman–Crippen LogP) is 3.62. The molecule has 0 saturated carbocycles. The second-order valence-corrected chi connectivity index (χ2v) is 10.2. The molecule has 138 valence electrons. The molecule has 8 heteroatoms. The average molecular weight is 410 g/mol. The van der Waals surface area contributed by atoms with Gasteiger partial charge in [0.1, 0.15) is 6.07 Å². The van der Waals surface area contributed by atoms with Crippen LogP contribution in [-0.2, 0) is 16.6 Å². The molecular formula is C18H20ClN3O2S2. The molecule has 1 aromatic heterocycles. The zero-order valence-electron chi connectivity index (χ0n) is 14.6. The quantitative estimate of drug-likeness (QED) is 0.756. The number of nitrogens with zero attached hydrogens (tertiary/aromatic N) is 3. The Morgan fingerprint density at radius 3 is 2.69 bits per heavy atom. The van der Waals surface area contributed by atoms with Crippen LogP contribution in [-0.4, -0.2) is 38.1 Å². The van der Waals surface area contributed by atoms with Crippen LogP contribution in [0.2, 0.25) is 5.02 Å². The summed E-state index contributed by atoms with van der Waals surface area (Å²) < 4.78 is 25.3. The summed E-state index contributed by atoms with van der Waals surface area (Å²) in [7, 11) is -3.20. The number of rotatable bonds is 5. The first kappa shape index (κ1) is 19.2. The maximum absolute atomic E-state index is 11.9.